The molecule has 0 fully saturated rings. The molecule has 0 saturated heterocycles. The minimum Gasteiger partial charge on any atom is -0.247 e. The Hall–Kier alpha value is 0.200. The number of alkyl halides is 1. The highest BCUT2D eigenvalue weighted by Crippen LogP contribution is 2.02. The van der Waals surface area contributed by atoms with Crippen molar-refractivity contribution in [3.63, 3.8) is 0 Å². The second-order valence-electron chi connectivity index (χ2n) is 1.36. The van der Waals surface area contributed by atoms with Gasteiger partial charge in [0.15, 0.2) is 0 Å². The molecular weight excluding hydrogens is 207 g/mol. The lowest BCUT2D eigenvalue weighted by atomic mass is 10.3. The van der Waals surface area contributed by atoms with Crippen molar-refractivity contribution in [3.05, 3.63) is 0 Å². The first-order chi connectivity index (χ1) is 3.13. The molecular formula is C4H6IO2. The molecule has 1 atom stereocenters. The zero-order valence-corrected chi connectivity index (χ0v) is 6.14. The van der Waals surface area contributed by atoms with Gasteiger partial charge in [0.2, 0.25) is 0 Å². The number of carbonyl (C=O) groups excluding carboxylic acids is 1. The number of halogens is 1. The molecule has 2 nitrogen and oxygen atoms in total. The molecule has 0 aliphatic carbocycles. The summed E-state index contributed by atoms with van der Waals surface area (Å²) in [6.07, 6.45) is 0.153. The zero-order valence-electron chi connectivity index (χ0n) is 3.98. The van der Waals surface area contributed by atoms with Crippen LogP contribution >= 0.6 is 22.6 Å². The van der Waals surface area contributed by atoms with Crippen LogP contribution in [-0.4, -0.2) is 9.89 Å². The van der Waals surface area contributed by atoms with E-state index in [4.69, 9.17) is 0 Å². The maximum atomic E-state index is 9.69. The highest BCUT2D eigenvalue weighted by Gasteiger charge is 2.02. The fourth-order valence-corrected chi connectivity index (χ4v) is 0.589. The van der Waals surface area contributed by atoms with Gasteiger partial charge >= 0.3 is 5.97 Å². The first kappa shape index (κ1) is 7.20. The second kappa shape index (κ2) is 3.23. The van der Waals surface area contributed by atoms with Gasteiger partial charge in [-0.2, -0.15) is 0 Å². The lowest BCUT2D eigenvalue weighted by Crippen LogP contribution is -1.99. The summed E-state index contributed by atoms with van der Waals surface area (Å²) in [5.41, 5.74) is 0. The van der Waals surface area contributed by atoms with Crippen molar-refractivity contribution in [3.8, 4) is 0 Å². The number of carbonyl (C=O) groups is 1. The first-order valence-corrected chi connectivity index (χ1v) is 3.21. The highest BCUT2D eigenvalue weighted by molar-refractivity contribution is 14.1. The van der Waals surface area contributed by atoms with Gasteiger partial charge in [-0.05, 0) is 0 Å². The second-order valence-corrected chi connectivity index (χ2v) is 3.48. The van der Waals surface area contributed by atoms with E-state index in [1.807, 2.05) is 29.5 Å². The molecule has 1 unspecified atom stereocenters. The zero-order chi connectivity index (χ0) is 5.86. The molecule has 3 heteroatoms. The third-order valence-corrected chi connectivity index (χ3v) is 0.888. The lowest BCUT2D eigenvalue weighted by Gasteiger charge is -1.90. The van der Waals surface area contributed by atoms with Gasteiger partial charge in [-0.15, -0.1) is 0 Å². The van der Waals surface area contributed by atoms with Gasteiger partial charge in [0.05, 0.1) is 6.42 Å². The van der Waals surface area contributed by atoms with Crippen molar-refractivity contribution in [1.82, 2.24) is 0 Å². The van der Waals surface area contributed by atoms with E-state index in [1.54, 1.807) is 0 Å². The Morgan fingerprint density at radius 1 is 1.86 bits per heavy atom. The van der Waals surface area contributed by atoms with Crippen LogP contribution in [0.1, 0.15) is 13.3 Å². The smallest absolute Gasteiger partial charge is 0.247 e. The Morgan fingerprint density at radius 2 is 2.29 bits per heavy atom. The molecule has 1 radical (unpaired) electrons. The standard InChI is InChI=1S/C4H6IO2/c1-3(5)2-4(6)7/h3H,2H2,1H3. The van der Waals surface area contributed by atoms with Crippen LogP contribution in [0.15, 0.2) is 0 Å². The number of hydrogen-bond donors (Lipinski definition) is 0. The Labute approximate surface area is 56.1 Å². The molecule has 0 saturated carbocycles. The van der Waals surface area contributed by atoms with Crippen molar-refractivity contribution >= 4 is 28.6 Å². The van der Waals surface area contributed by atoms with Gasteiger partial charge < -0.3 is 0 Å². The van der Waals surface area contributed by atoms with E-state index in [-0.39, 0.29) is 10.3 Å². The van der Waals surface area contributed by atoms with E-state index >= 15 is 0 Å². The maximum absolute atomic E-state index is 9.69. The summed E-state index contributed by atoms with van der Waals surface area (Å²) in [7, 11) is 0. The summed E-state index contributed by atoms with van der Waals surface area (Å²) in [6, 6.07) is 0. The summed E-state index contributed by atoms with van der Waals surface area (Å²) in [6.45, 7) is 1.83. The maximum Gasteiger partial charge on any atom is 0.356 e. The van der Waals surface area contributed by atoms with Crippen LogP contribution in [0.5, 0.6) is 0 Å². The number of hydrogen-bond acceptors (Lipinski definition) is 1. The predicted octanol–water partition coefficient (Wildman–Crippen LogP) is 1.16. The molecule has 0 aromatic heterocycles. The molecule has 0 aliphatic heterocycles. The molecule has 0 aromatic carbocycles. The molecule has 0 heterocycles. The van der Waals surface area contributed by atoms with E-state index in [1.165, 1.54) is 0 Å². The van der Waals surface area contributed by atoms with Gasteiger partial charge in [-0.1, -0.05) is 29.5 Å². The summed E-state index contributed by atoms with van der Waals surface area (Å²) in [5, 5.41) is 9.69. The summed E-state index contributed by atoms with van der Waals surface area (Å²) < 4.78 is 0.183. The highest BCUT2D eigenvalue weighted by atomic mass is 127. The van der Waals surface area contributed by atoms with Crippen LogP contribution in [0.25, 0.3) is 0 Å². The van der Waals surface area contributed by atoms with Crippen LogP contribution in [0.2, 0.25) is 0 Å². The molecule has 0 N–H and O–H groups in total. The normalized spacial score (nSPS) is 13.4. The largest absolute Gasteiger partial charge is 0.356 e. The average molecular weight is 213 g/mol. The Morgan fingerprint density at radius 3 is 2.29 bits per heavy atom. The molecule has 41 valence electrons. The third-order valence-electron chi connectivity index (χ3n) is 0.448. The van der Waals surface area contributed by atoms with E-state index < -0.39 is 5.97 Å². The van der Waals surface area contributed by atoms with E-state index in [2.05, 4.69) is 0 Å². The molecule has 0 amide bonds. The van der Waals surface area contributed by atoms with Gasteiger partial charge in [0.25, 0.3) is 0 Å². The van der Waals surface area contributed by atoms with Crippen LogP contribution in [-0.2, 0) is 9.90 Å². The van der Waals surface area contributed by atoms with Gasteiger partial charge in [-0.3, -0.25) is 0 Å². The van der Waals surface area contributed by atoms with Crippen molar-refractivity contribution in [2.45, 2.75) is 17.3 Å². The van der Waals surface area contributed by atoms with E-state index in [0.29, 0.717) is 0 Å². The first-order valence-electron chi connectivity index (χ1n) is 1.97. The summed E-state index contributed by atoms with van der Waals surface area (Å²) >= 11 is 2.04. The Balaban J connectivity index is 3.13. The summed E-state index contributed by atoms with van der Waals surface area (Å²) in [5.74, 6) is -0.970. The quantitative estimate of drug-likeness (QED) is 0.500. The van der Waals surface area contributed by atoms with Crippen LogP contribution in [0.4, 0.5) is 0 Å². The summed E-state index contributed by atoms with van der Waals surface area (Å²) in [4.78, 5) is 9.69. The lowest BCUT2D eigenvalue weighted by molar-refractivity contribution is -0.142. The van der Waals surface area contributed by atoms with Crippen LogP contribution < -0.4 is 0 Å². The van der Waals surface area contributed by atoms with Gasteiger partial charge in [0.1, 0.15) is 0 Å². The molecule has 0 aliphatic rings. The molecule has 0 aromatic rings. The van der Waals surface area contributed by atoms with E-state index in [9.17, 15) is 9.90 Å². The SMILES string of the molecule is CC(I)CC([O])=O. The average Bonchev–Trinajstić information content (AvgIpc) is 1.27. The molecule has 0 spiro atoms. The Bertz CT molecular complexity index is 70.1. The predicted molar refractivity (Wildman–Crippen MR) is 33.8 cm³/mol. The van der Waals surface area contributed by atoms with Crippen molar-refractivity contribution < 1.29 is 9.90 Å². The Kier molecular flexibility index (Phi) is 3.33. The minimum atomic E-state index is -0.970. The van der Waals surface area contributed by atoms with Crippen molar-refractivity contribution in [2.75, 3.05) is 0 Å². The van der Waals surface area contributed by atoms with Crippen molar-refractivity contribution in [2.24, 2.45) is 0 Å². The number of rotatable bonds is 2. The molecule has 0 rings (SSSR count). The van der Waals surface area contributed by atoms with Gasteiger partial charge in [0, 0.05) is 3.92 Å². The van der Waals surface area contributed by atoms with Gasteiger partial charge in [-0.25, -0.2) is 9.90 Å². The van der Waals surface area contributed by atoms with E-state index in [0.717, 1.165) is 0 Å². The van der Waals surface area contributed by atoms with Crippen LogP contribution in [0, 0.1) is 0 Å². The van der Waals surface area contributed by atoms with Crippen LogP contribution in [0.3, 0.4) is 0 Å². The van der Waals surface area contributed by atoms with Crippen molar-refractivity contribution in [1.29, 1.82) is 0 Å². The molecule has 0 bridgehead atoms. The third kappa shape index (κ3) is 6.20. The fraction of sp³-hybridized carbons (Fsp3) is 0.750. The monoisotopic (exact) mass is 213 g/mol. The minimum absolute atomic E-state index is 0.153. The topological polar surface area (TPSA) is 37.0 Å². The molecule has 7 heavy (non-hydrogen) atoms. The fourth-order valence-electron chi connectivity index (χ4n) is 0.230.